The summed E-state index contributed by atoms with van der Waals surface area (Å²) in [4.78, 5) is 8.85. The minimum absolute atomic E-state index is 0.269. The van der Waals surface area contributed by atoms with Crippen molar-refractivity contribution in [2.75, 3.05) is 14.2 Å². The summed E-state index contributed by atoms with van der Waals surface area (Å²) in [7, 11) is 3.19. The highest BCUT2D eigenvalue weighted by molar-refractivity contribution is 6.29. The van der Waals surface area contributed by atoms with Crippen LogP contribution in [0.5, 0.6) is 11.5 Å². The van der Waals surface area contributed by atoms with Crippen molar-refractivity contribution < 1.29 is 9.47 Å². The number of methoxy groups -OCH3 is 2. The van der Waals surface area contributed by atoms with E-state index in [1.165, 1.54) is 0 Å². The van der Waals surface area contributed by atoms with E-state index in [1.54, 1.807) is 20.3 Å². The lowest BCUT2D eigenvalue weighted by atomic mass is 10.1. The summed E-state index contributed by atoms with van der Waals surface area (Å²) in [5.41, 5.74) is 1.65. The molecule has 20 heavy (non-hydrogen) atoms. The maximum absolute atomic E-state index is 6.09. The largest absolute Gasteiger partial charge is 0.493 e. The molecule has 0 bridgehead atoms. The summed E-state index contributed by atoms with van der Waals surface area (Å²) in [6, 6.07) is 7.37. The van der Waals surface area contributed by atoms with E-state index >= 15 is 0 Å². The molecule has 0 saturated carbocycles. The number of hydrogen-bond acceptors (Lipinski definition) is 4. The monoisotopic (exact) mass is 292 g/mol. The number of ether oxygens (including phenoxy) is 2. The summed E-state index contributed by atoms with van der Waals surface area (Å²) in [6.07, 6.45) is 0. The van der Waals surface area contributed by atoms with Crippen LogP contribution in [0, 0.1) is 0 Å². The number of rotatable bonds is 4. The molecule has 0 atom stereocenters. The van der Waals surface area contributed by atoms with Gasteiger partial charge in [-0.2, -0.15) is 0 Å². The fourth-order valence-corrected chi connectivity index (χ4v) is 2.11. The molecule has 1 aromatic heterocycles. The highest BCUT2D eigenvalue weighted by atomic mass is 35.5. The summed E-state index contributed by atoms with van der Waals surface area (Å²) in [5.74, 6) is 2.05. The van der Waals surface area contributed by atoms with E-state index in [9.17, 15) is 0 Å². The predicted molar refractivity (Wildman–Crippen MR) is 79.7 cm³/mol. The van der Waals surface area contributed by atoms with E-state index in [0.717, 1.165) is 11.3 Å². The van der Waals surface area contributed by atoms with Crippen LogP contribution >= 0.6 is 11.6 Å². The summed E-state index contributed by atoms with van der Waals surface area (Å²) >= 11 is 6.09. The molecule has 0 saturated heterocycles. The second kappa shape index (κ2) is 6.09. The van der Waals surface area contributed by atoms with Crippen LogP contribution in [0.1, 0.15) is 25.5 Å². The standard InChI is InChI=1S/C15H17ClN2O2/c1-9(2)11-8-13(16)18-15(17-11)10-6-5-7-12(19-3)14(10)20-4/h5-9H,1-4H3. The van der Waals surface area contributed by atoms with Crippen LogP contribution < -0.4 is 9.47 Å². The predicted octanol–water partition coefficient (Wildman–Crippen LogP) is 3.94. The van der Waals surface area contributed by atoms with Crippen molar-refractivity contribution >= 4 is 11.6 Å². The average molecular weight is 293 g/mol. The Morgan fingerprint density at radius 2 is 1.85 bits per heavy atom. The fraction of sp³-hybridized carbons (Fsp3) is 0.333. The van der Waals surface area contributed by atoms with E-state index in [-0.39, 0.29) is 5.92 Å². The molecule has 0 N–H and O–H groups in total. The summed E-state index contributed by atoms with van der Waals surface area (Å²) in [6.45, 7) is 4.12. The van der Waals surface area contributed by atoms with Gasteiger partial charge in [-0.3, -0.25) is 0 Å². The van der Waals surface area contributed by atoms with Crippen molar-refractivity contribution in [2.24, 2.45) is 0 Å². The first-order chi connectivity index (χ1) is 9.56. The third-order valence-corrected chi connectivity index (χ3v) is 3.14. The number of nitrogens with zero attached hydrogens (tertiary/aromatic N) is 2. The minimum atomic E-state index is 0.269. The molecule has 0 amide bonds. The van der Waals surface area contributed by atoms with Crippen molar-refractivity contribution in [3.05, 3.63) is 35.1 Å². The van der Waals surface area contributed by atoms with Crippen LogP contribution in [0.25, 0.3) is 11.4 Å². The molecule has 4 nitrogen and oxygen atoms in total. The molecule has 106 valence electrons. The number of hydrogen-bond donors (Lipinski definition) is 0. The van der Waals surface area contributed by atoms with Gasteiger partial charge in [0.25, 0.3) is 0 Å². The zero-order valence-electron chi connectivity index (χ0n) is 12.0. The van der Waals surface area contributed by atoms with E-state index < -0.39 is 0 Å². The fourth-order valence-electron chi connectivity index (χ4n) is 1.91. The van der Waals surface area contributed by atoms with Crippen LogP contribution in [0.3, 0.4) is 0 Å². The first-order valence-corrected chi connectivity index (χ1v) is 6.70. The first-order valence-electron chi connectivity index (χ1n) is 6.32. The number of benzene rings is 1. The molecule has 0 aliphatic carbocycles. The summed E-state index contributed by atoms with van der Waals surface area (Å²) in [5, 5.41) is 0.420. The van der Waals surface area contributed by atoms with Crippen LogP contribution in [0.2, 0.25) is 5.15 Å². The van der Waals surface area contributed by atoms with E-state index in [4.69, 9.17) is 21.1 Å². The van der Waals surface area contributed by atoms with Crippen molar-refractivity contribution in [2.45, 2.75) is 19.8 Å². The van der Waals surface area contributed by atoms with Gasteiger partial charge in [0.05, 0.1) is 19.8 Å². The van der Waals surface area contributed by atoms with Crippen molar-refractivity contribution in [3.63, 3.8) is 0 Å². The Kier molecular flexibility index (Phi) is 4.45. The maximum Gasteiger partial charge on any atom is 0.171 e. The Bertz CT molecular complexity index is 615. The molecule has 0 radical (unpaired) electrons. The Morgan fingerprint density at radius 3 is 2.45 bits per heavy atom. The third kappa shape index (κ3) is 2.85. The molecule has 2 rings (SSSR count). The van der Waals surface area contributed by atoms with Gasteiger partial charge >= 0.3 is 0 Å². The van der Waals surface area contributed by atoms with Crippen LogP contribution in [0.4, 0.5) is 0 Å². The number of para-hydroxylation sites is 1. The van der Waals surface area contributed by atoms with Crippen LogP contribution in [0.15, 0.2) is 24.3 Å². The van der Waals surface area contributed by atoms with Gasteiger partial charge in [0.2, 0.25) is 0 Å². The van der Waals surface area contributed by atoms with E-state index in [1.807, 2.05) is 18.2 Å². The molecule has 0 aliphatic heterocycles. The zero-order chi connectivity index (χ0) is 14.7. The highest BCUT2D eigenvalue weighted by Gasteiger charge is 2.15. The van der Waals surface area contributed by atoms with Crippen molar-refractivity contribution in [1.29, 1.82) is 0 Å². The lowest BCUT2D eigenvalue weighted by Gasteiger charge is -2.13. The molecular weight excluding hydrogens is 276 g/mol. The average Bonchev–Trinajstić information content (AvgIpc) is 2.45. The number of halogens is 1. The summed E-state index contributed by atoms with van der Waals surface area (Å²) < 4.78 is 10.7. The molecule has 5 heteroatoms. The third-order valence-electron chi connectivity index (χ3n) is 2.95. The first kappa shape index (κ1) is 14.6. The van der Waals surface area contributed by atoms with Gasteiger partial charge in [0.15, 0.2) is 17.3 Å². The normalized spacial score (nSPS) is 10.7. The second-order valence-electron chi connectivity index (χ2n) is 4.63. The Morgan fingerprint density at radius 1 is 1.10 bits per heavy atom. The van der Waals surface area contributed by atoms with Gasteiger partial charge in [-0.1, -0.05) is 31.5 Å². The van der Waals surface area contributed by atoms with Gasteiger partial charge < -0.3 is 9.47 Å². The quantitative estimate of drug-likeness (QED) is 0.801. The minimum Gasteiger partial charge on any atom is -0.493 e. The van der Waals surface area contributed by atoms with Crippen LogP contribution in [-0.4, -0.2) is 24.2 Å². The van der Waals surface area contributed by atoms with E-state index in [2.05, 4.69) is 23.8 Å². The van der Waals surface area contributed by atoms with Gasteiger partial charge in [0.1, 0.15) is 5.15 Å². The molecule has 0 unspecified atom stereocenters. The smallest absolute Gasteiger partial charge is 0.171 e. The lowest BCUT2D eigenvalue weighted by Crippen LogP contribution is -2.00. The van der Waals surface area contributed by atoms with Crippen LogP contribution in [-0.2, 0) is 0 Å². The second-order valence-corrected chi connectivity index (χ2v) is 5.02. The molecule has 0 spiro atoms. The topological polar surface area (TPSA) is 44.2 Å². The van der Waals surface area contributed by atoms with Gasteiger partial charge in [-0.25, -0.2) is 9.97 Å². The highest BCUT2D eigenvalue weighted by Crippen LogP contribution is 2.36. The number of aromatic nitrogens is 2. The van der Waals surface area contributed by atoms with Gasteiger partial charge in [-0.05, 0) is 24.1 Å². The lowest BCUT2D eigenvalue weighted by molar-refractivity contribution is 0.356. The molecule has 0 aliphatic rings. The van der Waals surface area contributed by atoms with Crippen molar-refractivity contribution in [1.82, 2.24) is 9.97 Å². The molecule has 1 aromatic carbocycles. The Hall–Kier alpha value is -1.81. The zero-order valence-corrected chi connectivity index (χ0v) is 12.7. The molecular formula is C15H17ClN2O2. The van der Waals surface area contributed by atoms with Gasteiger partial charge in [0, 0.05) is 5.69 Å². The molecule has 1 heterocycles. The van der Waals surface area contributed by atoms with Crippen molar-refractivity contribution in [3.8, 4) is 22.9 Å². The maximum atomic E-state index is 6.09. The van der Waals surface area contributed by atoms with Gasteiger partial charge in [-0.15, -0.1) is 0 Å². The molecule has 2 aromatic rings. The molecule has 0 fully saturated rings. The SMILES string of the molecule is COc1cccc(-c2nc(Cl)cc(C(C)C)n2)c1OC. The Labute approximate surface area is 123 Å². The van der Waals surface area contributed by atoms with E-state index in [0.29, 0.717) is 22.5 Å². The Balaban J connectivity index is 2.62.